The van der Waals surface area contributed by atoms with E-state index in [0.29, 0.717) is 6.42 Å². The molecular formula is C45H87NO4. The van der Waals surface area contributed by atoms with Crippen LogP contribution in [0, 0.1) is 0 Å². The summed E-state index contributed by atoms with van der Waals surface area (Å²) >= 11 is 0. The maximum Gasteiger partial charge on any atom is 0.222 e. The number of unbranched alkanes of at least 4 members (excludes halogenated alkanes) is 29. The van der Waals surface area contributed by atoms with Gasteiger partial charge in [0.05, 0.1) is 31.3 Å². The highest BCUT2D eigenvalue weighted by Gasteiger charge is 2.20. The van der Waals surface area contributed by atoms with Gasteiger partial charge in [-0.1, -0.05) is 218 Å². The highest BCUT2D eigenvalue weighted by molar-refractivity contribution is 5.76. The van der Waals surface area contributed by atoms with E-state index in [1.165, 1.54) is 173 Å². The zero-order valence-corrected chi connectivity index (χ0v) is 33.5. The van der Waals surface area contributed by atoms with Crippen LogP contribution in [0.4, 0.5) is 0 Å². The normalized spacial score (nSPS) is 13.8. The first-order valence-corrected chi connectivity index (χ1v) is 22.1. The first-order chi connectivity index (χ1) is 24.5. The number of aliphatic hydroxyl groups is 3. The van der Waals surface area contributed by atoms with Gasteiger partial charge in [-0.05, 0) is 32.1 Å². The fraction of sp³-hybridized carbons (Fsp3) is 0.889. The fourth-order valence-electron chi connectivity index (χ4n) is 6.83. The van der Waals surface area contributed by atoms with E-state index in [2.05, 4.69) is 31.3 Å². The lowest BCUT2D eigenvalue weighted by Gasteiger charge is -2.21. The van der Waals surface area contributed by atoms with Crippen molar-refractivity contribution in [3.63, 3.8) is 0 Å². The van der Waals surface area contributed by atoms with Crippen molar-refractivity contribution in [2.24, 2.45) is 0 Å². The molecule has 0 heterocycles. The lowest BCUT2D eigenvalue weighted by molar-refractivity contribution is -0.124. The predicted octanol–water partition coefficient (Wildman–Crippen LogP) is 12.6. The highest BCUT2D eigenvalue weighted by Crippen LogP contribution is 2.16. The zero-order chi connectivity index (χ0) is 36.6. The summed E-state index contributed by atoms with van der Waals surface area (Å²) in [6.07, 6.45) is 48.9. The number of amides is 1. The molecule has 0 aliphatic carbocycles. The summed E-state index contributed by atoms with van der Waals surface area (Å²) in [5.41, 5.74) is 0. The van der Waals surface area contributed by atoms with Gasteiger partial charge in [0.2, 0.25) is 5.91 Å². The van der Waals surface area contributed by atoms with Crippen LogP contribution in [0.3, 0.4) is 0 Å². The van der Waals surface area contributed by atoms with Crippen LogP contribution in [-0.4, -0.2) is 46.1 Å². The average molecular weight is 706 g/mol. The first kappa shape index (κ1) is 48.8. The summed E-state index contributed by atoms with van der Waals surface area (Å²) in [5.74, 6) is -0.322. The summed E-state index contributed by atoms with van der Waals surface area (Å²) in [5, 5.41) is 33.2. The molecule has 0 bridgehead atoms. The van der Waals surface area contributed by atoms with Gasteiger partial charge in [0.25, 0.3) is 0 Å². The minimum absolute atomic E-state index is 0.00973. The number of hydrogen-bond acceptors (Lipinski definition) is 4. The Balaban J connectivity index is 3.68. The standard InChI is InChI=1S/C45H87NO4/c1-3-5-7-9-11-13-15-17-19-21-23-24-26-28-30-32-34-36-38-42(48)40-45(50)46-43(41-47)44(49)39-37-35-33-31-29-27-25-22-20-18-16-14-12-10-8-6-4-2/h29,31,37,39,42-44,47-49H,3-28,30,32-36,38,40-41H2,1-2H3,(H,46,50)/b31-29+,39-37+. The Kier molecular flexibility index (Phi) is 39.6. The Morgan fingerprint density at radius 3 is 1.28 bits per heavy atom. The molecular weight excluding hydrogens is 618 g/mol. The summed E-state index contributed by atoms with van der Waals surface area (Å²) in [6.45, 7) is 4.21. The average Bonchev–Trinajstić information content (AvgIpc) is 3.11. The van der Waals surface area contributed by atoms with Gasteiger partial charge in [-0.2, -0.15) is 0 Å². The van der Waals surface area contributed by atoms with E-state index in [4.69, 9.17) is 0 Å². The van der Waals surface area contributed by atoms with Gasteiger partial charge in [-0.25, -0.2) is 0 Å². The van der Waals surface area contributed by atoms with Crippen molar-refractivity contribution in [2.45, 2.75) is 250 Å². The third-order valence-corrected chi connectivity index (χ3v) is 10.2. The van der Waals surface area contributed by atoms with E-state index in [1.807, 2.05) is 6.08 Å². The molecule has 1 amide bonds. The Hall–Kier alpha value is -1.17. The molecule has 4 N–H and O–H groups in total. The van der Waals surface area contributed by atoms with Crippen LogP contribution in [0.2, 0.25) is 0 Å². The van der Waals surface area contributed by atoms with Crippen molar-refractivity contribution in [3.8, 4) is 0 Å². The summed E-state index contributed by atoms with van der Waals surface area (Å²) in [4.78, 5) is 12.4. The lowest BCUT2D eigenvalue weighted by Crippen LogP contribution is -2.45. The van der Waals surface area contributed by atoms with Crippen molar-refractivity contribution in [3.05, 3.63) is 24.3 Å². The topological polar surface area (TPSA) is 89.8 Å². The molecule has 0 fully saturated rings. The molecule has 5 heteroatoms. The molecule has 0 aromatic carbocycles. The van der Waals surface area contributed by atoms with Gasteiger partial charge in [0, 0.05) is 0 Å². The Bertz CT molecular complexity index is 739. The van der Waals surface area contributed by atoms with Crippen molar-refractivity contribution in [1.82, 2.24) is 5.32 Å². The lowest BCUT2D eigenvalue weighted by atomic mass is 10.0. The number of nitrogens with one attached hydrogen (secondary N) is 1. The number of hydrogen-bond donors (Lipinski definition) is 4. The second-order valence-electron chi connectivity index (χ2n) is 15.3. The Morgan fingerprint density at radius 1 is 0.500 bits per heavy atom. The van der Waals surface area contributed by atoms with Crippen LogP contribution in [0.5, 0.6) is 0 Å². The maximum atomic E-state index is 12.4. The highest BCUT2D eigenvalue weighted by atomic mass is 16.3. The maximum absolute atomic E-state index is 12.4. The van der Waals surface area contributed by atoms with E-state index in [0.717, 1.165) is 32.1 Å². The van der Waals surface area contributed by atoms with Crippen LogP contribution >= 0.6 is 0 Å². The van der Waals surface area contributed by atoms with Crippen LogP contribution in [0.25, 0.3) is 0 Å². The molecule has 0 spiro atoms. The van der Waals surface area contributed by atoms with Gasteiger partial charge in [-0.3, -0.25) is 4.79 Å². The Labute approximate surface area is 312 Å². The molecule has 0 aromatic rings. The molecule has 0 saturated carbocycles. The monoisotopic (exact) mass is 706 g/mol. The molecule has 0 aliphatic rings. The van der Waals surface area contributed by atoms with Gasteiger partial charge in [0.1, 0.15) is 0 Å². The molecule has 50 heavy (non-hydrogen) atoms. The minimum atomic E-state index is -0.948. The second kappa shape index (κ2) is 40.6. The Morgan fingerprint density at radius 2 is 0.860 bits per heavy atom. The number of allylic oxidation sites excluding steroid dienone is 3. The summed E-state index contributed by atoms with van der Waals surface area (Å²) in [7, 11) is 0. The molecule has 3 unspecified atom stereocenters. The minimum Gasteiger partial charge on any atom is -0.394 e. The molecule has 0 aromatic heterocycles. The second-order valence-corrected chi connectivity index (χ2v) is 15.3. The molecule has 0 radical (unpaired) electrons. The SMILES string of the molecule is CCCCCCCCCCCCC/C=C/CC/C=C/C(O)C(CO)NC(=O)CC(O)CCCCCCCCCCCCCCCCCCCC. The quantitative estimate of drug-likeness (QED) is 0.0377. The summed E-state index contributed by atoms with van der Waals surface area (Å²) < 4.78 is 0. The van der Waals surface area contributed by atoms with Crippen LogP contribution in [0.15, 0.2) is 24.3 Å². The predicted molar refractivity (Wildman–Crippen MR) is 218 cm³/mol. The molecule has 0 aliphatic heterocycles. The first-order valence-electron chi connectivity index (χ1n) is 22.1. The molecule has 3 atom stereocenters. The van der Waals surface area contributed by atoms with Gasteiger partial charge in [0.15, 0.2) is 0 Å². The zero-order valence-electron chi connectivity index (χ0n) is 33.5. The van der Waals surface area contributed by atoms with Crippen LogP contribution in [0.1, 0.15) is 232 Å². The van der Waals surface area contributed by atoms with Crippen molar-refractivity contribution >= 4 is 5.91 Å². The van der Waals surface area contributed by atoms with E-state index in [1.54, 1.807) is 6.08 Å². The van der Waals surface area contributed by atoms with E-state index < -0.39 is 18.2 Å². The molecule has 296 valence electrons. The third kappa shape index (κ3) is 36.6. The van der Waals surface area contributed by atoms with Gasteiger partial charge >= 0.3 is 0 Å². The van der Waals surface area contributed by atoms with Crippen LogP contribution < -0.4 is 5.32 Å². The van der Waals surface area contributed by atoms with Crippen molar-refractivity contribution < 1.29 is 20.1 Å². The smallest absolute Gasteiger partial charge is 0.222 e. The molecule has 0 saturated heterocycles. The van der Waals surface area contributed by atoms with E-state index in [-0.39, 0.29) is 18.9 Å². The summed E-state index contributed by atoms with van der Waals surface area (Å²) in [6, 6.07) is -0.757. The number of carbonyl (C=O) groups is 1. The third-order valence-electron chi connectivity index (χ3n) is 10.2. The number of aliphatic hydroxyl groups excluding tert-OH is 3. The van der Waals surface area contributed by atoms with Gasteiger partial charge in [-0.15, -0.1) is 0 Å². The van der Waals surface area contributed by atoms with Crippen molar-refractivity contribution in [2.75, 3.05) is 6.61 Å². The number of rotatable bonds is 40. The molecule has 5 nitrogen and oxygen atoms in total. The van der Waals surface area contributed by atoms with E-state index >= 15 is 0 Å². The number of carbonyl (C=O) groups excluding carboxylic acids is 1. The fourth-order valence-corrected chi connectivity index (χ4v) is 6.83. The van der Waals surface area contributed by atoms with Gasteiger partial charge < -0.3 is 20.6 Å². The largest absolute Gasteiger partial charge is 0.394 e. The molecule has 0 rings (SSSR count). The van der Waals surface area contributed by atoms with Crippen molar-refractivity contribution in [1.29, 1.82) is 0 Å². The van der Waals surface area contributed by atoms with E-state index in [9.17, 15) is 20.1 Å². The van der Waals surface area contributed by atoms with Crippen LogP contribution in [-0.2, 0) is 4.79 Å².